The Kier molecular flexibility index (Phi) is 7.14. The van der Waals surface area contributed by atoms with Crippen LogP contribution in [0.5, 0.6) is 0 Å². The fourth-order valence-electron chi connectivity index (χ4n) is 4.15. The van der Waals surface area contributed by atoms with Gasteiger partial charge in [-0.2, -0.15) is 0 Å². The Morgan fingerprint density at radius 2 is 1.93 bits per heavy atom. The van der Waals surface area contributed by atoms with Crippen molar-refractivity contribution in [2.75, 3.05) is 54.5 Å². The second-order valence-electron chi connectivity index (χ2n) is 8.19. The van der Waals surface area contributed by atoms with Gasteiger partial charge in [0.1, 0.15) is 12.0 Å². The van der Waals surface area contributed by atoms with Crippen LogP contribution in [0.25, 0.3) is 0 Å². The van der Waals surface area contributed by atoms with Gasteiger partial charge in [-0.05, 0) is 32.0 Å². The Hall–Kier alpha value is -1.00. The average molecular weight is 397 g/mol. The van der Waals surface area contributed by atoms with Gasteiger partial charge in [-0.15, -0.1) is 0 Å². The summed E-state index contributed by atoms with van der Waals surface area (Å²) in [6.45, 7) is 5.16. The van der Waals surface area contributed by atoms with Crippen molar-refractivity contribution >= 4 is 0 Å². The van der Waals surface area contributed by atoms with E-state index in [0.717, 1.165) is 30.0 Å². The standard InChI is InChI=1S/C20H36N4O4/c1-13(21-2)15-10-14(20(26)23(5)22(3)4)11-16-17(25)12-18(28-19(15)16)24-6-8-27-9-7-24/h11,13,15,17-18,20-21,25-26H,6-10,12H2,1-5H3/t13?,15?,17?,18-,20?/m0/s1. The molecule has 0 aromatic heterocycles. The zero-order valence-electron chi connectivity index (χ0n) is 17.8. The molecule has 28 heavy (non-hydrogen) atoms. The maximum Gasteiger partial charge on any atom is 0.155 e. The number of likely N-dealkylation sites (N-methyl/N-ethyl adjacent to an activating group) is 1. The summed E-state index contributed by atoms with van der Waals surface area (Å²) in [5.41, 5.74) is 1.71. The van der Waals surface area contributed by atoms with Gasteiger partial charge in [0.2, 0.25) is 0 Å². The van der Waals surface area contributed by atoms with Crippen LogP contribution in [0.1, 0.15) is 19.8 Å². The van der Waals surface area contributed by atoms with Gasteiger partial charge in [-0.1, -0.05) is 0 Å². The molecular formula is C20H36N4O4. The first-order valence-corrected chi connectivity index (χ1v) is 10.2. The highest BCUT2D eigenvalue weighted by Crippen LogP contribution is 2.40. The third-order valence-electron chi connectivity index (χ3n) is 6.29. The molecule has 0 saturated carbocycles. The van der Waals surface area contributed by atoms with Gasteiger partial charge in [-0.3, -0.25) is 4.90 Å². The van der Waals surface area contributed by atoms with E-state index in [4.69, 9.17) is 9.47 Å². The van der Waals surface area contributed by atoms with Crippen LogP contribution in [-0.4, -0.2) is 104 Å². The van der Waals surface area contributed by atoms with Gasteiger partial charge in [-0.25, -0.2) is 10.0 Å². The molecule has 1 fully saturated rings. The third-order valence-corrected chi connectivity index (χ3v) is 6.29. The van der Waals surface area contributed by atoms with Gasteiger partial charge in [0.15, 0.2) is 6.23 Å². The quantitative estimate of drug-likeness (QED) is 0.426. The van der Waals surface area contributed by atoms with Crippen molar-refractivity contribution in [1.82, 2.24) is 20.2 Å². The summed E-state index contributed by atoms with van der Waals surface area (Å²) >= 11 is 0. The second-order valence-corrected chi connectivity index (χ2v) is 8.19. The van der Waals surface area contributed by atoms with Crippen molar-refractivity contribution in [2.45, 2.75) is 44.4 Å². The largest absolute Gasteiger partial charge is 0.479 e. The van der Waals surface area contributed by atoms with Crippen LogP contribution in [-0.2, 0) is 9.47 Å². The van der Waals surface area contributed by atoms with Crippen molar-refractivity contribution in [3.8, 4) is 0 Å². The molecule has 1 aliphatic carbocycles. The van der Waals surface area contributed by atoms with E-state index in [1.165, 1.54) is 0 Å². The first-order chi connectivity index (χ1) is 13.3. The number of hydrazine groups is 1. The summed E-state index contributed by atoms with van der Waals surface area (Å²) in [5.74, 6) is 0.921. The topological polar surface area (TPSA) is 80.7 Å². The van der Waals surface area contributed by atoms with E-state index in [2.05, 4.69) is 17.1 Å². The molecule has 0 bridgehead atoms. The molecule has 3 aliphatic rings. The van der Waals surface area contributed by atoms with E-state index in [-0.39, 0.29) is 18.2 Å². The Bertz CT molecular complexity index is 603. The summed E-state index contributed by atoms with van der Waals surface area (Å²) in [7, 11) is 7.59. The van der Waals surface area contributed by atoms with Crippen LogP contribution in [0.15, 0.2) is 23.0 Å². The molecule has 160 valence electrons. The Balaban J connectivity index is 1.89. The normalized spacial score (nSPS) is 31.5. The number of hydrogen-bond donors (Lipinski definition) is 3. The molecule has 8 nitrogen and oxygen atoms in total. The third kappa shape index (κ3) is 4.43. The molecule has 8 heteroatoms. The Labute approximate surface area is 168 Å². The average Bonchev–Trinajstić information content (AvgIpc) is 2.71. The number of nitrogens with one attached hydrogen (secondary N) is 1. The molecule has 1 saturated heterocycles. The minimum Gasteiger partial charge on any atom is -0.479 e. The van der Waals surface area contributed by atoms with Crippen molar-refractivity contribution in [1.29, 1.82) is 0 Å². The second kappa shape index (κ2) is 9.21. The molecule has 2 heterocycles. The molecule has 3 N–H and O–H groups in total. The van der Waals surface area contributed by atoms with Crippen molar-refractivity contribution in [3.05, 3.63) is 23.0 Å². The fourth-order valence-corrected chi connectivity index (χ4v) is 4.15. The summed E-state index contributed by atoms with van der Waals surface area (Å²) < 4.78 is 11.9. The van der Waals surface area contributed by atoms with Gasteiger partial charge in [0, 0.05) is 58.2 Å². The minimum absolute atomic E-state index is 0.0590. The van der Waals surface area contributed by atoms with E-state index in [1.807, 2.05) is 39.3 Å². The lowest BCUT2D eigenvalue weighted by atomic mass is 9.80. The van der Waals surface area contributed by atoms with E-state index < -0.39 is 12.3 Å². The predicted octanol–water partition coefficient (Wildman–Crippen LogP) is -0.0390. The zero-order chi connectivity index (χ0) is 20.4. The molecule has 0 aromatic carbocycles. The van der Waals surface area contributed by atoms with Crippen molar-refractivity contribution < 1.29 is 19.7 Å². The van der Waals surface area contributed by atoms with Crippen LogP contribution in [0.2, 0.25) is 0 Å². The number of rotatable bonds is 6. The lowest BCUT2D eigenvalue weighted by Crippen LogP contribution is -2.50. The summed E-state index contributed by atoms with van der Waals surface area (Å²) in [6.07, 6.45) is 1.69. The van der Waals surface area contributed by atoms with Gasteiger partial charge < -0.3 is 25.0 Å². The van der Waals surface area contributed by atoms with E-state index in [9.17, 15) is 10.2 Å². The monoisotopic (exact) mass is 396 g/mol. The molecule has 5 atom stereocenters. The first-order valence-electron chi connectivity index (χ1n) is 10.2. The lowest BCUT2D eigenvalue weighted by Gasteiger charge is -2.44. The van der Waals surface area contributed by atoms with Crippen LogP contribution in [0.4, 0.5) is 0 Å². The Morgan fingerprint density at radius 1 is 1.25 bits per heavy atom. The van der Waals surface area contributed by atoms with E-state index in [1.54, 1.807) is 5.01 Å². The summed E-state index contributed by atoms with van der Waals surface area (Å²) in [4.78, 5) is 2.26. The van der Waals surface area contributed by atoms with Gasteiger partial charge >= 0.3 is 0 Å². The van der Waals surface area contributed by atoms with Gasteiger partial charge in [0.05, 0.1) is 19.3 Å². The molecule has 0 spiro atoms. The Morgan fingerprint density at radius 3 is 2.54 bits per heavy atom. The van der Waals surface area contributed by atoms with Crippen molar-refractivity contribution in [2.24, 2.45) is 5.92 Å². The number of hydrogen-bond acceptors (Lipinski definition) is 8. The van der Waals surface area contributed by atoms with Crippen LogP contribution in [0.3, 0.4) is 0 Å². The molecular weight excluding hydrogens is 360 g/mol. The first kappa shape index (κ1) is 21.7. The lowest BCUT2D eigenvalue weighted by molar-refractivity contribution is -0.108. The molecule has 0 aromatic rings. The fraction of sp³-hybridized carbons (Fsp3) is 0.800. The minimum atomic E-state index is -0.736. The highest BCUT2D eigenvalue weighted by molar-refractivity contribution is 5.39. The number of morpholine rings is 1. The van der Waals surface area contributed by atoms with E-state index in [0.29, 0.717) is 26.1 Å². The molecule has 0 amide bonds. The van der Waals surface area contributed by atoms with E-state index >= 15 is 0 Å². The van der Waals surface area contributed by atoms with Crippen LogP contribution in [0, 0.1) is 5.92 Å². The molecule has 4 unspecified atom stereocenters. The maximum atomic E-state index is 11.0. The number of aliphatic hydroxyl groups excluding tert-OH is 2. The molecule has 0 radical (unpaired) electrons. The van der Waals surface area contributed by atoms with Crippen LogP contribution < -0.4 is 5.32 Å². The predicted molar refractivity (Wildman–Crippen MR) is 107 cm³/mol. The highest BCUT2D eigenvalue weighted by atomic mass is 16.5. The SMILES string of the molecule is CNC(C)C1CC(C(O)N(C)N(C)C)=CC2=C1O[C@H](N1CCOCC1)CC2O. The summed E-state index contributed by atoms with van der Waals surface area (Å²) in [5, 5.41) is 28.8. The van der Waals surface area contributed by atoms with Crippen molar-refractivity contribution in [3.63, 3.8) is 0 Å². The zero-order valence-corrected chi connectivity index (χ0v) is 17.8. The number of nitrogens with zero attached hydrogens (tertiary/aromatic N) is 3. The molecule has 2 aliphatic heterocycles. The number of aliphatic hydroxyl groups is 2. The highest BCUT2D eigenvalue weighted by Gasteiger charge is 2.40. The number of ether oxygens (including phenoxy) is 2. The van der Waals surface area contributed by atoms with Gasteiger partial charge in [0.25, 0.3) is 0 Å². The summed E-state index contributed by atoms with van der Waals surface area (Å²) in [6, 6.07) is 0.154. The smallest absolute Gasteiger partial charge is 0.155 e. The van der Waals surface area contributed by atoms with Crippen LogP contribution >= 0.6 is 0 Å². The molecule has 3 rings (SSSR count). The maximum absolute atomic E-state index is 11.0.